The first kappa shape index (κ1) is 19.5. The molecule has 1 saturated heterocycles. The van der Waals surface area contributed by atoms with Crippen LogP contribution in [0, 0.1) is 0 Å². The molecule has 1 aliphatic heterocycles. The van der Waals surface area contributed by atoms with E-state index in [1.165, 1.54) is 40.7 Å². The fourth-order valence-electron chi connectivity index (χ4n) is 4.58. The van der Waals surface area contributed by atoms with E-state index in [2.05, 4.69) is 40.5 Å². The molecule has 3 aromatic rings. The zero-order chi connectivity index (χ0) is 20.3. The van der Waals surface area contributed by atoms with Crippen LogP contribution in [0.2, 0.25) is 0 Å². The van der Waals surface area contributed by atoms with Gasteiger partial charge in [0.15, 0.2) is 5.76 Å². The Hall–Kier alpha value is -2.41. The van der Waals surface area contributed by atoms with Crippen molar-refractivity contribution in [3.8, 4) is 0 Å². The lowest BCUT2D eigenvalue weighted by molar-refractivity contribution is 0.0239. The molecule has 5 nitrogen and oxygen atoms in total. The molecule has 1 amide bonds. The summed E-state index contributed by atoms with van der Waals surface area (Å²) in [6, 6.07) is 14.2. The third-order valence-corrected chi connectivity index (χ3v) is 7.21. The lowest BCUT2D eigenvalue weighted by Gasteiger charge is -2.36. The Kier molecular flexibility index (Phi) is 5.71. The van der Waals surface area contributed by atoms with Crippen molar-refractivity contribution in [1.82, 2.24) is 4.90 Å². The number of fused-ring (bicyclic) bond motifs is 1. The summed E-state index contributed by atoms with van der Waals surface area (Å²) in [7, 11) is 0. The van der Waals surface area contributed by atoms with E-state index in [-0.39, 0.29) is 11.9 Å². The number of anilines is 1. The number of furan rings is 1. The summed E-state index contributed by atoms with van der Waals surface area (Å²) in [5, 5.41) is 4.15. The highest BCUT2D eigenvalue weighted by Crippen LogP contribution is 2.45. The summed E-state index contributed by atoms with van der Waals surface area (Å²) >= 11 is 1.74. The van der Waals surface area contributed by atoms with Crippen molar-refractivity contribution >= 4 is 22.2 Å². The zero-order valence-electron chi connectivity index (χ0n) is 16.9. The summed E-state index contributed by atoms with van der Waals surface area (Å²) in [4.78, 5) is 16.8. The fraction of sp³-hybridized carbons (Fsp3) is 0.375. The quantitative estimate of drug-likeness (QED) is 0.636. The Morgan fingerprint density at radius 2 is 1.83 bits per heavy atom. The zero-order valence-corrected chi connectivity index (χ0v) is 17.7. The van der Waals surface area contributed by atoms with Crippen LogP contribution >= 0.6 is 11.3 Å². The van der Waals surface area contributed by atoms with Crippen molar-refractivity contribution in [3.05, 3.63) is 76.1 Å². The molecule has 5 rings (SSSR count). The van der Waals surface area contributed by atoms with Crippen LogP contribution in [-0.2, 0) is 17.6 Å². The van der Waals surface area contributed by atoms with Crippen molar-refractivity contribution in [2.75, 3.05) is 31.6 Å². The standard InChI is InChI=1S/C24H26N2O3S/c27-23(19-10-6-14-29-19)25-24-21(18-9-4-5-11-20(18)30-24)22(17-7-2-1-3-8-17)26-12-15-28-16-13-26/h1-3,6-8,10,14,22H,4-5,9,11-13,15-16H2,(H,25,27)/t22-/m1/s1. The molecular formula is C24H26N2O3S. The molecule has 1 N–H and O–H groups in total. The van der Waals surface area contributed by atoms with Crippen molar-refractivity contribution in [1.29, 1.82) is 0 Å². The van der Waals surface area contributed by atoms with E-state index in [1.54, 1.807) is 23.5 Å². The van der Waals surface area contributed by atoms with Gasteiger partial charge >= 0.3 is 0 Å². The first-order valence-electron chi connectivity index (χ1n) is 10.7. The van der Waals surface area contributed by atoms with Gasteiger partial charge in [-0.3, -0.25) is 9.69 Å². The van der Waals surface area contributed by atoms with E-state index in [9.17, 15) is 4.79 Å². The van der Waals surface area contributed by atoms with Gasteiger partial charge in [-0.25, -0.2) is 0 Å². The summed E-state index contributed by atoms with van der Waals surface area (Å²) in [6.07, 6.45) is 6.12. The van der Waals surface area contributed by atoms with Gasteiger partial charge in [-0.05, 0) is 48.9 Å². The molecule has 0 unspecified atom stereocenters. The normalized spacial score (nSPS) is 18.0. The minimum Gasteiger partial charge on any atom is -0.459 e. The van der Waals surface area contributed by atoms with Gasteiger partial charge in [0.05, 0.1) is 25.5 Å². The van der Waals surface area contributed by atoms with E-state index in [1.807, 2.05) is 0 Å². The van der Waals surface area contributed by atoms with Gasteiger partial charge in [0.25, 0.3) is 5.91 Å². The van der Waals surface area contributed by atoms with Gasteiger partial charge in [-0.2, -0.15) is 0 Å². The second-order valence-electron chi connectivity index (χ2n) is 7.85. The number of nitrogens with one attached hydrogen (secondary N) is 1. The minimum absolute atomic E-state index is 0.111. The molecule has 0 radical (unpaired) electrons. The predicted octanol–water partition coefficient (Wildman–Crippen LogP) is 4.89. The van der Waals surface area contributed by atoms with Crippen LogP contribution in [0.5, 0.6) is 0 Å². The number of hydrogen-bond donors (Lipinski definition) is 1. The van der Waals surface area contributed by atoms with Crippen LogP contribution in [0.4, 0.5) is 5.00 Å². The predicted molar refractivity (Wildman–Crippen MR) is 118 cm³/mol. The smallest absolute Gasteiger partial charge is 0.291 e. The van der Waals surface area contributed by atoms with Crippen LogP contribution in [0.3, 0.4) is 0 Å². The van der Waals surface area contributed by atoms with Crippen LogP contribution in [0.15, 0.2) is 53.1 Å². The summed E-state index contributed by atoms with van der Waals surface area (Å²) in [5.41, 5.74) is 3.96. The summed E-state index contributed by atoms with van der Waals surface area (Å²) < 4.78 is 11.0. The van der Waals surface area contributed by atoms with Crippen LogP contribution in [0.25, 0.3) is 0 Å². The van der Waals surface area contributed by atoms with Gasteiger partial charge < -0.3 is 14.5 Å². The lowest BCUT2D eigenvalue weighted by atomic mass is 9.88. The number of thiophene rings is 1. The van der Waals surface area contributed by atoms with Crippen LogP contribution < -0.4 is 5.32 Å². The average molecular weight is 423 g/mol. The largest absolute Gasteiger partial charge is 0.459 e. The Labute approximate surface area is 180 Å². The lowest BCUT2D eigenvalue weighted by Crippen LogP contribution is -2.40. The van der Waals surface area contributed by atoms with Crippen molar-refractivity contribution in [2.24, 2.45) is 0 Å². The monoisotopic (exact) mass is 422 g/mol. The number of nitrogens with zero attached hydrogens (tertiary/aromatic N) is 1. The second kappa shape index (κ2) is 8.76. The number of aryl methyl sites for hydroxylation is 1. The number of ether oxygens (including phenoxy) is 1. The summed E-state index contributed by atoms with van der Waals surface area (Å²) in [6.45, 7) is 3.25. The number of morpholine rings is 1. The highest BCUT2D eigenvalue weighted by molar-refractivity contribution is 7.16. The molecule has 3 heterocycles. The SMILES string of the molecule is O=C(Nc1sc2c(c1[C@@H](c1ccccc1)N1CCOCC1)CCCC2)c1ccco1. The number of hydrogen-bond acceptors (Lipinski definition) is 5. The van der Waals surface area contributed by atoms with Gasteiger partial charge in [0.2, 0.25) is 0 Å². The molecule has 156 valence electrons. The van der Waals surface area contributed by atoms with E-state index in [0.29, 0.717) is 5.76 Å². The highest BCUT2D eigenvalue weighted by Gasteiger charge is 2.33. The Bertz CT molecular complexity index is 991. The molecule has 1 aromatic carbocycles. The number of rotatable bonds is 5. The molecule has 0 spiro atoms. The third-order valence-electron chi connectivity index (χ3n) is 5.98. The van der Waals surface area contributed by atoms with Gasteiger partial charge in [0.1, 0.15) is 5.00 Å². The molecule has 0 bridgehead atoms. The van der Waals surface area contributed by atoms with Crippen LogP contribution in [-0.4, -0.2) is 37.1 Å². The van der Waals surface area contributed by atoms with Gasteiger partial charge in [-0.15, -0.1) is 11.3 Å². The highest BCUT2D eigenvalue weighted by atomic mass is 32.1. The topological polar surface area (TPSA) is 54.7 Å². The van der Waals surface area contributed by atoms with E-state index < -0.39 is 0 Å². The third kappa shape index (κ3) is 3.83. The second-order valence-corrected chi connectivity index (χ2v) is 8.95. The van der Waals surface area contributed by atoms with Gasteiger partial charge in [0, 0.05) is 23.5 Å². The first-order chi connectivity index (χ1) is 14.8. The Morgan fingerprint density at radius 1 is 1.03 bits per heavy atom. The molecule has 2 aliphatic rings. The van der Waals surface area contributed by atoms with E-state index in [4.69, 9.17) is 9.15 Å². The van der Waals surface area contributed by atoms with Crippen molar-refractivity contribution < 1.29 is 13.9 Å². The molecular weight excluding hydrogens is 396 g/mol. The minimum atomic E-state index is -0.186. The fourth-order valence-corrected chi connectivity index (χ4v) is 5.89. The molecule has 6 heteroatoms. The molecule has 1 aliphatic carbocycles. The number of amides is 1. The molecule has 2 aromatic heterocycles. The number of benzene rings is 1. The summed E-state index contributed by atoms with van der Waals surface area (Å²) in [5.74, 6) is 0.156. The Morgan fingerprint density at radius 3 is 2.60 bits per heavy atom. The molecule has 0 saturated carbocycles. The average Bonchev–Trinajstić information content (AvgIpc) is 3.45. The maximum Gasteiger partial charge on any atom is 0.291 e. The van der Waals surface area contributed by atoms with E-state index in [0.717, 1.165) is 44.1 Å². The van der Waals surface area contributed by atoms with Gasteiger partial charge in [-0.1, -0.05) is 30.3 Å². The van der Waals surface area contributed by atoms with Crippen molar-refractivity contribution in [2.45, 2.75) is 31.7 Å². The maximum atomic E-state index is 12.8. The number of carbonyl (C=O) groups excluding carboxylic acids is 1. The van der Waals surface area contributed by atoms with Crippen LogP contribution in [0.1, 0.15) is 51.0 Å². The molecule has 30 heavy (non-hydrogen) atoms. The number of carbonyl (C=O) groups is 1. The van der Waals surface area contributed by atoms with E-state index >= 15 is 0 Å². The maximum absolute atomic E-state index is 12.8. The molecule has 1 atom stereocenters. The van der Waals surface area contributed by atoms with Crippen molar-refractivity contribution in [3.63, 3.8) is 0 Å². The molecule has 1 fully saturated rings. The first-order valence-corrected chi connectivity index (χ1v) is 11.5. The Balaban J connectivity index is 1.60.